The Bertz CT molecular complexity index is 873. The molecule has 2 heterocycles. The Kier molecular flexibility index (Phi) is 6.39. The normalized spacial score (nSPS) is 11.0. The van der Waals surface area contributed by atoms with Crippen LogP contribution >= 0.6 is 47.5 Å². The number of aryl methyl sites for hydroxylation is 1. The molecule has 0 saturated heterocycles. The molecular weight excluding hydrogens is 384 g/mol. The highest BCUT2D eigenvalue weighted by Gasteiger charge is 2.10. The van der Waals surface area contributed by atoms with E-state index in [0.29, 0.717) is 21.0 Å². The molecule has 0 unspecified atom stereocenters. The van der Waals surface area contributed by atoms with Crippen LogP contribution in [0.3, 0.4) is 0 Å². The standard InChI is InChI=1S/C13H11ClN6S3.CH4/c1-7-10(16-17-12-15-13(22-2)19-23-12)6-20(18-7)11-5-8(21)3-4-9(11)14;/h3-6,21H,1-2H3;1H4. The largest absolute Gasteiger partial charge is 0.250 e. The van der Waals surface area contributed by atoms with Gasteiger partial charge in [0, 0.05) is 16.4 Å². The predicted molar refractivity (Wildman–Crippen MR) is 103 cm³/mol. The van der Waals surface area contributed by atoms with Crippen molar-refractivity contribution < 1.29 is 0 Å². The molecule has 0 N–H and O–H groups in total. The monoisotopic (exact) mass is 398 g/mol. The lowest BCUT2D eigenvalue weighted by Gasteiger charge is -2.04. The van der Waals surface area contributed by atoms with Crippen LogP contribution in [0.1, 0.15) is 13.1 Å². The van der Waals surface area contributed by atoms with Crippen LogP contribution in [0, 0.1) is 6.92 Å². The van der Waals surface area contributed by atoms with Gasteiger partial charge >= 0.3 is 0 Å². The van der Waals surface area contributed by atoms with Crippen molar-refractivity contribution in [1.82, 2.24) is 19.1 Å². The van der Waals surface area contributed by atoms with E-state index in [9.17, 15) is 0 Å². The van der Waals surface area contributed by atoms with Crippen LogP contribution in [0.2, 0.25) is 5.02 Å². The Morgan fingerprint density at radius 1 is 1.33 bits per heavy atom. The van der Waals surface area contributed by atoms with Gasteiger partial charge in [0.05, 0.1) is 22.6 Å². The first kappa shape index (κ1) is 18.9. The summed E-state index contributed by atoms with van der Waals surface area (Å²) >= 11 is 13.2. The molecular formula is C14H15ClN6S3. The summed E-state index contributed by atoms with van der Waals surface area (Å²) in [6.45, 7) is 1.86. The van der Waals surface area contributed by atoms with Gasteiger partial charge in [-0.1, -0.05) is 30.8 Å². The number of azo groups is 1. The third kappa shape index (κ3) is 4.15. The Hall–Kier alpha value is -1.42. The molecule has 0 bridgehead atoms. The molecule has 0 amide bonds. The van der Waals surface area contributed by atoms with E-state index < -0.39 is 0 Å². The van der Waals surface area contributed by atoms with Crippen molar-refractivity contribution in [2.45, 2.75) is 24.4 Å². The van der Waals surface area contributed by atoms with Crippen LogP contribution in [0.15, 0.2) is 44.7 Å². The highest BCUT2D eigenvalue weighted by molar-refractivity contribution is 7.98. The number of thioether (sulfide) groups is 1. The zero-order chi connectivity index (χ0) is 16.4. The van der Waals surface area contributed by atoms with E-state index in [1.54, 1.807) is 16.9 Å². The van der Waals surface area contributed by atoms with Gasteiger partial charge in [0.1, 0.15) is 5.69 Å². The third-order valence-electron chi connectivity index (χ3n) is 2.87. The lowest BCUT2D eigenvalue weighted by Crippen LogP contribution is -1.95. The highest BCUT2D eigenvalue weighted by Crippen LogP contribution is 2.28. The van der Waals surface area contributed by atoms with Gasteiger partial charge in [0.25, 0.3) is 0 Å². The summed E-state index contributed by atoms with van der Waals surface area (Å²) in [7, 11) is 0. The topological polar surface area (TPSA) is 68.3 Å². The summed E-state index contributed by atoms with van der Waals surface area (Å²) < 4.78 is 5.80. The Morgan fingerprint density at radius 2 is 2.12 bits per heavy atom. The number of benzene rings is 1. The molecule has 10 heteroatoms. The van der Waals surface area contributed by atoms with Crippen molar-refractivity contribution in [3.8, 4) is 5.69 Å². The summed E-state index contributed by atoms with van der Waals surface area (Å²) in [5.41, 5.74) is 2.12. The smallest absolute Gasteiger partial charge is 0.237 e. The average molecular weight is 399 g/mol. The maximum atomic E-state index is 6.22. The molecule has 0 saturated carbocycles. The quantitative estimate of drug-likeness (QED) is 0.345. The summed E-state index contributed by atoms with van der Waals surface area (Å²) in [6, 6.07) is 5.45. The van der Waals surface area contributed by atoms with Crippen molar-refractivity contribution in [2.75, 3.05) is 6.26 Å². The van der Waals surface area contributed by atoms with E-state index in [0.717, 1.165) is 16.3 Å². The highest BCUT2D eigenvalue weighted by atomic mass is 35.5. The average Bonchev–Trinajstić information content (AvgIpc) is 3.14. The maximum Gasteiger partial charge on any atom is 0.250 e. The second-order valence-corrected chi connectivity index (χ2v) is 6.87. The lowest BCUT2D eigenvalue weighted by molar-refractivity contribution is 0.860. The fourth-order valence-corrected chi connectivity index (χ4v) is 3.22. The van der Waals surface area contributed by atoms with Gasteiger partial charge in [-0.25, -0.2) is 4.68 Å². The number of hydrogen-bond donors (Lipinski definition) is 1. The number of thiol groups is 1. The summed E-state index contributed by atoms with van der Waals surface area (Å²) in [6.07, 6.45) is 3.68. The van der Waals surface area contributed by atoms with Gasteiger partial charge in [-0.2, -0.15) is 14.5 Å². The van der Waals surface area contributed by atoms with E-state index in [1.807, 2.05) is 25.3 Å². The van der Waals surface area contributed by atoms with Gasteiger partial charge in [-0.3, -0.25) is 0 Å². The molecule has 0 radical (unpaired) electrons. The lowest BCUT2D eigenvalue weighted by atomic mass is 10.3. The predicted octanol–water partition coefficient (Wildman–Crippen LogP) is 5.75. The van der Waals surface area contributed by atoms with Crippen molar-refractivity contribution >= 4 is 58.3 Å². The van der Waals surface area contributed by atoms with Crippen LogP contribution in [0.4, 0.5) is 10.8 Å². The minimum atomic E-state index is 0. The molecule has 0 aliphatic heterocycles. The fraction of sp³-hybridized carbons (Fsp3) is 0.214. The molecule has 0 spiro atoms. The first-order valence-corrected chi connectivity index (χ1v) is 9.24. The van der Waals surface area contributed by atoms with Crippen LogP contribution in [0.5, 0.6) is 0 Å². The second kappa shape index (κ2) is 8.11. The molecule has 0 fully saturated rings. The zero-order valence-corrected chi connectivity index (χ0v) is 15.4. The van der Waals surface area contributed by atoms with Gasteiger partial charge in [-0.15, -0.1) is 22.9 Å². The number of nitrogens with zero attached hydrogens (tertiary/aromatic N) is 6. The van der Waals surface area contributed by atoms with Crippen LogP contribution in [-0.2, 0) is 0 Å². The molecule has 2 aromatic heterocycles. The maximum absolute atomic E-state index is 6.22. The van der Waals surface area contributed by atoms with E-state index in [2.05, 4.69) is 37.3 Å². The van der Waals surface area contributed by atoms with E-state index in [-0.39, 0.29) is 7.43 Å². The Balaban J connectivity index is 0.00000208. The zero-order valence-electron chi connectivity index (χ0n) is 12.1. The molecule has 0 aliphatic carbocycles. The minimum Gasteiger partial charge on any atom is -0.237 e. The SMILES string of the molecule is C.CSc1nsc(N=Nc2cn(-c3cc(S)ccc3Cl)nc2C)n1. The van der Waals surface area contributed by atoms with Crippen LogP contribution in [-0.4, -0.2) is 25.4 Å². The molecule has 1 aromatic carbocycles. The Morgan fingerprint density at radius 3 is 2.83 bits per heavy atom. The summed E-state index contributed by atoms with van der Waals surface area (Å²) in [5, 5.41) is 14.5. The first-order valence-electron chi connectivity index (χ1n) is 6.41. The molecule has 3 aromatic rings. The number of aromatic nitrogens is 4. The summed E-state index contributed by atoms with van der Waals surface area (Å²) in [4.78, 5) is 5.02. The van der Waals surface area contributed by atoms with Crippen LogP contribution in [0.25, 0.3) is 5.69 Å². The number of halogens is 1. The van der Waals surface area contributed by atoms with Crippen molar-refractivity contribution in [3.63, 3.8) is 0 Å². The molecule has 6 nitrogen and oxygen atoms in total. The number of rotatable bonds is 4. The number of hydrogen-bond acceptors (Lipinski definition) is 8. The fourth-order valence-electron chi connectivity index (χ4n) is 1.77. The van der Waals surface area contributed by atoms with E-state index in [4.69, 9.17) is 11.6 Å². The van der Waals surface area contributed by atoms with Crippen molar-refractivity contribution in [2.24, 2.45) is 10.2 Å². The molecule has 0 aliphatic rings. The minimum absolute atomic E-state index is 0. The first-order chi connectivity index (χ1) is 11.1. The third-order valence-corrected chi connectivity index (χ3v) is 4.73. The Labute approximate surface area is 159 Å². The second-order valence-electron chi connectivity index (χ2n) is 4.44. The van der Waals surface area contributed by atoms with E-state index in [1.165, 1.54) is 23.3 Å². The van der Waals surface area contributed by atoms with Gasteiger partial charge in [0.15, 0.2) is 0 Å². The molecule has 0 atom stereocenters. The van der Waals surface area contributed by atoms with Gasteiger partial charge < -0.3 is 0 Å². The summed E-state index contributed by atoms with van der Waals surface area (Å²) in [5.74, 6) is 0. The van der Waals surface area contributed by atoms with Gasteiger partial charge in [0.2, 0.25) is 10.3 Å². The molecule has 3 rings (SSSR count). The molecule has 126 valence electrons. The van der Waals surface area contributed by atoms with Crippen LogP contribution < -0.4 is 0 Å². The molecule has 24 heavy (non-hydrogen) atoms. The van der Waals surface area contributed by atoms with Crippen molar-refractivity contribution in [1.29, 1.82) is 0 Å². The van der Waals surface area contributed by atoms with Crippen molar-refractivity contribution in [3.05, 3.63) is 35.1 Å². The van der Waals surface area contributed by atoms with Gasteiger partial charge in [-0.05, 0) is 31.4 Å². The van der Waals surface area contributed by atoms with E-state index >= 15 is 0 Å².